The van der Waals surface area contributed by atoms with E-state index in [-0.39, 0.29) is 17.0 Å². The molecule has 0 aromatic heterocycles. The summed E-state index contributed by atoms with van der Waals surface area (Å²) in [4.78, 5) is 11.0. The molecule has 0 bridgehead atoms. The van der Waals surface area contributed by atoms with E-state index in [1.165, 1.54) is 12.1 Å². The highest BCUT2D eigenvalue weighted by Gasteiger charge is 2.25. The van der Waals surface area contributed by atoms with E-state index in [4.69, 9.17) is 10.8 Å². The average molecular weight is 322 g/mol. The monoisotopic (exact) mass is 321 g/mol. The van der Waals surface area contributed by atoms with Crippen LogP contribution in [0.5, 0.6) is 0 Å². The van der Waals surface area contributed by atoms with Gasteiger partial charge >= 0.3 is 5.97 Å². The summed E-state index contributed by atoms with van der Waals surface area (Å²) in [5, 5.41) is 9.02. The molecule has 1 aromatic carbocycles. The van der Waals surface area contributed by atoms with Gasteiger partial charge in [0.1, 0.15) is 0 Å². The van der Waals surface area contributed by atoms with Gasteiger partial charge in [0, 0.05) is 17.3 Å². The van der Waals surface area contributed by atoms with E-state index >= 15 is 0 Å². The lowest BCUT2D eigenvalue weighted by Crippen LogP contribution is -2.23. The summed E-state index contributed by atoms with van der Waals surface area (Å²) >= 11 is 3.18. The van der Waals surface area contributed by atoms with Crippen molar-refractivity contribution in [1.29, 1.82) is 0 Å². The van der Waals surface area contributed by atoms with Gasteiger partial charge in [0.2, 0.25) is 0 Å². The van der Waals surface area contributed by atoms with Crippen molar-refractivity contribution in [3.05, 3.63) is 28.2 Å². The Balaban J connectivity index is 3.49. The van der Waals surface area contributed by atoms with Crippen molar-refractivity contribution in [2.24, 2.45) is 5.73 Å². The molecule has 0 saturated carbocycles. The third kappa shape index (κ3) is 3.27. The number of nitrogens with two attached hydrogens (primary N) is 1. The Morgan fingerprint density at radius 3 is 2.53 bits per heavy atom. The van der Waals surface area contributed by atoms with E-state index in [2.05, 4.69) is 15.9 Å². The Morgan fingerprint density at radius 1 is 1.53 bits per heavy atom. The van der Waals surface area contributed by atoms with Crippen molar-refractivity contribution >= 4 is 31.7 Å². The van der Waals surface area contributed by atoms with Gasteiger partial charge in [-0.3, -0.25) is 4.79 Å². The number of hydrogen-bond donors (Lipinski definition) is 2. The molecule has 0 aliphatic carbocycles. The van der Waals surface area contributed by atoms with Crippen LogP contribution in [0.1, 0.15) is 11.5 Å². The topological polar surface area (TPSA) is 97.5 Å². The lowest BCUT2D eigenvalue weighted by Gasteiger charge is -2.14. The molecule has 0 fully saturated rings. The van der Waals surface area contributed by atoms with Gasteiger partial charge in [0.15, 0.2) is 9.84 Å². The second-order valence-electron chi connectivity index (χ2n) is 3.58. The van der Waals surface area contributed by atoms with Crippen LogP contribution in [-0.2, 0) is 14.6 Å². The second-order valence-corrected chi connectivity index (χ2v) is 6.48. The summed E-state index contributed by atoms with van der Waals surface area (Å²) in [6.45, 7) is -0.158. The van der Waals surface area contributed by atoms with Crippen LogP contribution in [0, 0.1) is 0 Å². The molecule has 0 aliphatic rings. The third-order valence-electron chi connectivity index (χ3n) is 2.28. The molecule has 17 heavy (non-hydrogen) atoms. The van der Waals surface area contributed by atoms with E-state index in [1.54, 1.807) is 6.07 Å². The number of aliphatic carboxylic acids is 1. The van der Waals surface area contributed by atoms with Crippen LogP contribution < -0.4 is 5.73 Å². The molecule has 0 amide bonds. The van der Waals surface area contributed by atoms with Crippen LogP contribution in [0.2, 0.25) is 0 Å². The molecule has 0 radical (unpaired) electrons. The first kappa shape index (κ1) is 14.1. The van der Waals surface area contributed by atoms with Gasteiger partial charge in [-0.15, -0.1) is 0 Å². The van der Waals surface area contributed by atoms with Crippen LogP contribution >= 0.6 is 15.9 Å². The number of carboxylic acid groups (broad SMARTS) is 1. The summed E-state index contributed by atoms with van der Waals surface area (Å²) in [6.07, 6.45) is 1.04. The number of benzene rings is 1. The molecular weight excluding hydrogens is 310 g/mol. The highest BCUT2D eigenvalue weighted by atomic mass is 79.9. The molecule has 1 unspecified atom stereocenters. The zero-order valence-electron chi connectivity index (χ0n) is 9.05. The molecule has 1 aromatic rings. The first-order valence-corrected chi connectivity index (χ1v) is 7.38. The second kappa shape index (κ2) is 5.16. The van der Waals surface area contributed by atoms with Crippen molar-refractivity contribution in [1.82, 2.24) is 0 Å². The number of carboxylic acids is 1. The zero-order valence-corrected chi connectivity index (χ0v) is 11.5. The van der Waals surface area contributed by atoms with Crippen LogP contribution in [0.15, 0.2) is 27.6 Å². The number of rotatable bonds is 4. The molecule has 0 spiro atoms. The molecule has 3 N–H and O–H groups in total. The first-order chi connectivity index (χ1) is 7.77. The maximum absolute atomic E-state index is 11.6. The first-order valence-electron chi connectivity index (χ1n) is 4.69. The fourth-order valence-electron chi connectivity index (χ4n) is 1.49. The average Bonchev–Trinajstić information content (AvgIpc) is 2.16. The van der Waals surface area contributed by atoms with Crippen LogP contribution in [-0.4, -0.2) is 32.3 Å². The van der Waals surface area contributed by atoms with Gasteiger partial charge in [0.05, 0.1) is 10.8 Å². The predicted octanol–water partition coefficient (Wildman–Crippen LogP) is 0.980. The molecular formula is C10H12BrNO4S. The quantitative estimate of drug-likeness (QED) is 0.861. The molecule has 0 saturated heterocycles. The normalized spacial score (nSPS) is 13.4. The van der Waals surface area contributed by atoms with Gasteiger partial charge in [-0.25, -0.2) is 8.42 Å². The molecule has 94 valence electrons. The smallest absolute Gasteiger partial charge is 0.312 e. The Kier molecular flexibility index (Phi) is 4.29. The Morgan fingerprint density at radius 2 is 2.12 bits per heavy atom. The molecule has 1 atom stereocenters. The fraction of sp³-hybridized carbons (Fsp3) is 0.300. The minimum absolute atomic E-state index is 0.00134. The maximum atomic E-state index is 11.6. The minimum atomic E-state index is -3.48. The Bertz CT molecular complexity index is 541. The Hall–Kier alpha value is -0.920. The lowest BCUT2D eigenvalue weighted by molar-refractivity contribution is -0.138. The highest BCUT2D eigenvalue weighted by molar-refractivity contribution is 9.10. The molecule has 0 aliphatic heterocycles. The maximum Gasteiger partial charge on any atom is 0.312 e. The van der Waals surface area contributed by atoms with Gasteiger partial charge in [-0.05, 0) is 23.8 Å². The lowest BCUT2D eigenvalue weighted by atomic mass is 9.99. The molecule has 1 rings (SSSR count). The molecule has 5 nitrogen and oxygen atoms in total. The largest absolute Gasteiger partial charge is 0.481 e. The zero-order chi connectivity index (χ0) is 13.2. The number of carbonyl (C=O) groups is 1. The standard InChI is InChI=1S/C10H12BrNO4S/c1-17(15,16)9-3-2-6(11)4-7(9)8(5-12)10(13)14/h2-4,8H,5,12H2,1H3,(H,13,14). The predicted molar refractivity (Wildman–Crippen MR) is 66.7 cm³/mol. The number of sulfone groups is 1. The Labute approximate surface area is 108 Å². The van der Waals surface area contributed by atoms with E-state index in [0.29, 0.717) is 4.47 Å². The summed E-state index contributed by atoms with van der Waals surface area (Å²) in [5.41, 5.74) is 5.58. The van der Waals surface area contributed by atoms with Gasteiger partial charge in [0.25, 0.3) is 0 Å². The summed E-state index contributed by atoms with van der Waals surface area (Å²) in [7, 11) is -3.48. The van der Waals surface area contributed by atoms with Crippen molar-refractivity contribution in [3.8, 4) is 0 Å². The minimum Gasteiger partial charge on any atom is -0.481 e. The van der Waals surface area contributed by atoms with Gasteiger partial charge in [-0.2, -0.15) is 0 Å². The van der Waals surface area contributed by atoms with Crippen molar-refractivity contribution < 1.29 is 18.3 Å². The van der Waals surface area contributed by atoms with E-state index < -0.39 is 21.7 Å². The van der Waals surface area contributed by atoms with E-state index in [9.17, 15) is 13.2 Å². The van der Waals surface area contributed by atoms with E-state index in [1.807, 2.05) is 0 Å². The van der Waals surface area contributed by atoms with Crippen LogP contribution in [0.4, 0.5) is 0 Å². The molecule has 0 heterocycles. The van der Waals surface area contributed by atoms with Crippen molar-refractivity contribution in [2.45, 2.75) is 10.8 Å². The SMILES string of the molecule is CS(=O)(=O)c1ccc(Br)cc1C(CN)C(=O)O. The summed E-state index contributed by atoms with van der Waals surface area (Å²) in [5.74, 6) is -2.17. The molecule has 7 heteroatoms. The third-order valence-corrected chi connectivity index (χ3v) is 3.94. The van der Waals surface area contributed by atoms with Gasteiger partial charge < -0.3 is 10.8 Å². The number of halogens is 1. The number of hydrogen-bond acceptors (Lipinski definition) is 4. The van der Waals surface area contributed by atoms with E-state index in [0.717, 1.165) is 6.26 Å². The summed E-state index contributed by atoms with van der Waals surface area (Å²) in [6, 6.07) is 4.40. The van der Waals surface area contributed by atoms with Crippen LogP contribution in [0.25, 0.3) is 0 Å². The fourth-order valence-corrected chi connectivity index (χ4v) is 2.81. The van der Waals surface area contributed by atoms with Crippen molar-refractivity contribution in [3.63, 3.8) is 0 Å². The van der Waals surface area contributed by atoms with Crippen LogP contribution in [0.3, 0.4) is 0 Å². The summed E-state index contributed by atoms with van der Waals surface area (Å²) < 4.78 is 23.7. The highest BCUT2D eigenvalue weighted by Crippen LogP contribution is 2.27. The van der Waals surface area contributed by atoms with Crippen molar-refractivity contribution in [2.75, 3.05) is 12.8 Å². The van der Waals surface area contributed by atoms with Gasteiger partial charge in [-0.1, -0.05) is 15.9 Å².